The van der Waals surface area contributed by atoms with E-state index in [0.717, 1.165) is 0 Å². The summed E-state index contributed by atoms with van der Waals surface area (Å²) in [7, 11) is 0. The Labute approximate surface area is 71.2 Å². The van der Waals surface area contributed by atoms with E-state index in [2.05, 4.69) is 0 Å². The molecule has 0 amide bonds. The first-order chi connectivity index (χ1) is 5.69. The molecule has 1 rings (SSSR count). The number of rotatable bonds is 4. The van der Waals surface area contributed by atoms with Crippen LogP contribution in [0.25, 0.3) is 0 Å². The van der Waals surface area contributed by atoms with Gasteiger partial charge in [-0.15, -0.1) is 0 Å². The lowest BCUT2D eigenvalue weighted by molar-refractivity contribution is -0.146. The summed E-state index contributed by atoms with van der Waals surface area (Å²) >= 11 is 0. The van der Waals surface area contributed by atoms with E-state index in [4.69, 9.17) is 5.11 Å². The minimum absolute atomic E-state index is 0.0680. The smallest absolute Gasteiger partial charge is 0.320 e. The number of likely N-dealkylation sites (tertiary alicyclic amines) is 1. The van der Waals surface area contributed by atoms with Gasteiger partial charge in [-0.05, 0) is 6.42 Å². The van der Waals surface area contributed by atoms with Gasteiger partial charge in [-0.25, -0.2) is 0 Å². The maximum absolute atomic E-state index is 12.0. The number of aliphatic carboxylic acids is 1. The summed E-state index contributed by atoms with van der Waals surface area (Å²) in [6.07, 6.45) is 0.592. The molecule has 0 aliphatic carbocycles. The molecule has 0 bridgehead atoms. The zero-order valence-electron chi connectivity index (χ0n) is 7.16. The molecule has 0 spiro atoms. The highest BCUT2D eigenvalue weighted by Crippen LogP contribution is 2.20. The summed E-state index contributed by atoms with van der Waals surface area (Å²) in [4.78, 5) is 12.4. The SMILES string of the molecule is CCC(C(=O)O)N1CC(CF)C1. The van der Waals surface area contributed by atoms with Gasteiger partial charge in [0.1, 0.15) is 6.04 Å². The fraction of sp³-hybridized carbons (Fsp3) is 0.875. The molecule has 1 atom stereocenters. The Hall–Kier alpha value is -0.640. The van der Waals surface area contributed by atoms with Gasteiger partial charge in [0.25, 0.3) is 0 Å². The summed E-state index contributed by atoms with van der Waals surface area (Å²) in [6, 6.07) is -0.409. The number of carboxylic acid groups (broad SMARTS) is 1. The Morgan fingerprint density at radius 3 is 2.67 bits per heavy atom. The third-order valence-electron chi connectivity index (χ3n) is 2.32. The van der Waals surface area contributed by atoms with Crippen LogP contribution < -0.4 is 0 Å². The zero-order valence-corrected chi connectivity index (χ0v) is 7.16. The molecule has 12 heavy (non-hydrogen) atoms. The number of carbonyl (C=O) groups is 1. The molecular formula is C8H14FNO2. The molecule has 0 saturated carbocycles. The van der Waals surface area contributed by atoms with Crippen molar-refractivity contribution in [2.45, 2.75) is 19.4 Å². The van der Waals surface area contributed by atoms with Gasteiger partial charge >= 0.3 is 5.97 Å². The van der Waals surface area contributed by atoms with Gasteiger partial charge in [0.15, 0.2) is 0 Å². The van der Waals surface area contributed by atoms with Crippen LogP contribution in [0.3, 0.4) is 0 Å². The standard InChI is InChI=1S/C8H14FNO2/c1-2-7(8(11)12)10-4-6(3-9)5-10/h6-7H,2-5H2,1H3,(H,11,12). The van der Waals surface area contributed by atoms with E-state index in [-0.39, 0.29) is 12.6 Å². The molecule has 1 saturated heterocycles. The van der Waals surface area contributed by atoms with Crippen LogP contribution in [0.2, 0.25) is 0 Å². The Bertz CT molecular complexity index is 168. The molecule has 1 aliphatic rings. The van der Waals surface area contributed by atoms with Crippen molar-refractivity contribution in [3.8, 4) is 0 Å². The molecular weight excluding hydrogens is 161 g/mol. The van der Waals surface area contributed by atoms with Gasteiger partial charge in [-0.2, -0.15) is 0 Å². The summed E-state index contributed by atoms with van der Waals surface area (Å²) < 4.78 is 12.0. The maximum Gasteiger partial charge on any atom is 0.320 e. The van der Waals surface area contributed by atoms with E-state index in [9.17, 15) is 9.18 Å². The third-order valence-corrected chi connectivity index (χ3v) is 2.32. The lowest BCUT2D eigenvalue weighted by atomic mass is 9.98. The average Bonchev–Trinajstić information content (AvgIpc) is 1.94. The first-order valence-corrected chi connectivity index (χ1v) is 4.21. The van der Waals surface area contributed by atoms with Gasteiger partial charge in [-0.1, -0.05) is 6.92 Å². The van der Waals surface area contributed by atoms with Crippen LogP contribution in [-0.4, -0.2) is 41.8 Å². The van der Waals surface area contributed by atoms with Gasteiger partial charge < -0.3 is 5.11 Å². The van der Waals surface area contributed by atoms with Gasteiger partial charge in [0.2, 0.25) is 0 Å². The zero-order chi connectivity index (χ0) is 9.14. The molecule has 1 heterocycles. The van der Waals surface area contributed by atoms with Crippen molar-refractivity contribution in [2.24, 2.45) is 5.92 Å². The van der Waals surface area contributed by atoms with E-state index in [1.54, 1.807) is 0 Å². The number of nitrogens with zero attached hydrogens (tertiary/aromatic N) is 1. The third kappa shape index (κ3) is 1.75. The van der Waals surface area contributed by atoms with Crippen molar-refractivity contribution in [2.75, 3.05) is 19.8 Å². The second-order valence-electron chi connectivity index (χ2n) is 3.24. The van der Waals surface area contributed by atoms with E-state index in [1.807, 2.05) is 11.8 Å². The van der Waals surface area contributed by atoms with Crippen molar-refractivity contribution in [3.05, 3.63) is 0 Å². The van der Waals surface area contributed by atoms with Crippen molar-refractivity contribution < 1.29 is 14.3 Å². The quantitative estimate of drug-likeness (QED) is 0.685. The van der Waals surface area contributed by atoms with Crippen LogP contribution in [0.1, 0.15) is 13.3 Å². The molecule has 1 unspecified atom stereocenters. The minimum Gasteiger partial charge on any atom is -0.480 e. The minimum atomic E-state index is -0.796. The lowest BCUT2D eigenvalue weighted by Crippen LogP contribution is -2.55. The molecule has 70 valence electrons. The van der Waals surface area contributed by atoms with Crippen LogP contribution in [0, 0.1) is 5.92 Å². The highest BCUT2D eigenvalue weighted by atomic mass is 19.1. The van der Waals surface area contributed by atoms with E-state index >= 15 is 0 Å². The number of alkyl halides is 1. The molecule has 0 radical (unpaired) electrons. The molecule has 1 fully saturated rings. The van der Waals surface area contributed by atoms with E-state index < -0.39 is 12.0 Å². The van der Waals surface area contributed by atoms with Crippen molar-refractivity contribution >= 4 is 5.97 Å². The van der Waals surface area contributed by atoms with Crippen molar-refractivity contribution in [1.29, 1.82) is 0 Å². The average molecular weight is 175 g/mol. The fourth-order valence-corrected chi connectivity index (χ4v) is 1.55. The van der Waals surface area contributed by atoms with Crippen molar-refractivity contribution in [3.63, 3.8) is 0 Å². The van der Waals surface area contributed by atoms with Crippen LogP contribution >= 0.6 is 0 Å². The van der Waals surface area contributed by atoms with Crippen LogP contribution in [0.4, 0.5) is 4.39 Å². The molecule has 0 aromatic heterocycles. The lowest BCUT2D eigenvalue weighted by Gasteiger charge is -2.41. The van der Waals surface area contributed by atoms with Crippen LogP contribution in [0.15, 0.2) is 0 Å². The molecule has 1 aliphatic heterocycles. The highest BCUT2D eigenvalue weighted by molar-refractivity contribution is 5.73. The summed E-state index contributed by atoms with van der Waals surface area (Å²) in [5, 5.41) is 8.73. The topological polar surface area (TPSA) is 40.5 Å². The van der Waals surface area contributed by atoms with Crippen LogP contribution in [0.5, 0.6) is 0 Å². The van der Waals surface area contributed by atoms with E-state index in [1.165, 1.54) is 0 Å². The summed E-state index contributed by atoms with van der Waals surface area (Å²) in [5.41, 5.74) is 0. The molecule has 0 aromatic carbocycles. The number of hydrogen-bond donors (Lipinski definition) is 1. The summed E-state index contributed by atoms with van der Waals surface area (Å²) in [5.74, 6) is -0.729. The monoisotopic (exact) mass is 175 g/mol. The van der Waals surface area contributed by atoms with E-state index in [0.29, 0.717) is 19.5 Å². The normalized spacial score (nSPS) is 21.8. The highest BCUT2D eigenvalue weighted by Gasteiger charge is 2.34. The second kappa shape index (κ2) is 3.85. The fourth-order valence-electron chi connectivity index (χ4n) is 1.55. The first kappa shape index (κ1) is 9.45. The Morgan fingerprint density at radius 2 is 2.33 bits per heavy atom. The van der Waals surface area contributed by atoms with Gasteiger partial charge in [0, 0.05) is 19.0 Å². The predicted octanol–water partition coefficient (Wildman–Crippen LogP) is 0.751. The molecule has 0 aromatic rings. The predicted molar refractivity (Wildman–Crippen MR) is 42.8 cm³/mol. The molecule has 1 N–H and O–H groups in total. The number of hydrogen-bond acceptors (Lipinski definition) is 2. The van der Waals surface area contributed by atoms with Crippen LogP contribution in [-0.2, 0) is 4.79 Å². The maximum atomic E-state index is 12.0. The van der Waals surface area contributed by atoms with Gasteiger partial charge in [0.05, 0.1) is 6.67 Å². The number of carboxylic acids is 1. The van der Waals surface area contributed by atoms with Gasteiger partial charge in [-0.3, -0.25) is 14.1 Å². The molecule has 3 nitrogen and oxygen atoms in total. The summed E-state index contributed by atoms with van der Waals surface area (Å²) in [6.45, 7) is 2.71. The molecule has 4 heteroatoms. The van der Waals surface area contributed by atoms with Crippen molar-refractivity contribution in [1.82, 2.24) is 4.90 Å². The first-order valence-electron chi connectivity index (χ1n) is 4.21. The number of halogens is 1. The Kier molecular flexibility index (Phi) is 3.03. The Balaban J connectivity index is 2.34. The second-order valence-corrected chi connectivity index (χ2v) is 3.24. The largest absolute Gasteiger partial charge is 0.480 e. The Morgan fingerprint density at radius 1 is 1.75 bits per heavy atom.